The van der Waals surface area contributed by atoms with Crippen LogP contribution in [-0.2, 0) is 24.2 Å². The Kier molecular flexibility index (Phi) is 5.44. The highest BCUT2D eigenvalue weighted by Gasteiger charge is 2.28. The summed E-state index contributed by atoms with van der Waals surface area (Å²) in [6, 6.07) is 20.2. The summed E-state index contributed by atoms with van der Waals surface area (Å²) in [6.07, 6.45) is 3.14. The summed E-state index contributed by atoms with van der Waals surface area (Å²) in [7, 11) is 2.01. The largest absolute Gasteiger partial charge is 0.354 e. The SMILES string of the molecule is CN1Cc2ccccc2C[C@@H]1C(=O)NCCc1nccc(-c2ccccc2)n1. The number of hydrogen-bond donors (Lipinski definition) is 1. The maximum Gasteiger partial charge on any atom is 0.237 e. The van der Waals surface area contributed by atoms with Gasteiger partial charge < -0.3 is 5.32 Å². The molecule has 2 aromatic carbocycles. The van der Waals surface area contributed by atoms with Gasteiger partial charge in [-0.2, -0.15) is 0 Å². The van der Waals surface area contributed by atoms with Gasteiger partial charge in [0.25, 0.3) is 0 Å². The van der Waals surface area contributed by atoms with Gasteiger partial charge in [0.1, 0.15) is 5.82 Å². The van der Waals surface area contributed by atoms with Gasteiger partial charge in [0.15, 0.2) is 0 Å². The number of nitrogens with one attached hydrogen (secondary N) is 1. The fourth-order valence-electron chi connectivity index (χ4n) is 3.65. The molecule has 1 aliphatic rings. The number of amides is 1. The number of benzene rings is 2. The summed E-state index contributed by atoms with van der Waals surface area (Å²) in [5.74, 6) is 0.806. The molecule has 0 saturated heterocycles. The zero-order valence-corrected chi connectivity index (χ0v) is 16.0. The summed E-state index contributed by atoms with van der Waals surface area (Å²) < 4.78 is 0. The quantitative estimate of drug-likeness (QED) is 0.748. The molecule has 1 aromatic heterocycles. The lowest BCUT2D eigenvalue weighted by atomic mass is 9.94. The van der Waals surface area contributed by atoms with Gasteiger partial charge in [-0.15, -0.1) is 0 Å². The highest BCUT2D eigenvalue weighted by Crippen LogP contribution is 2.22. The maximum absolute atomic E-state index is 12.7. The minimum absolute atomic E-state index is 0.0659. The molecule has 0 radical (unpaired) electrons. The zero-order chi connectivity index (χ0) is 19.3. The highest BCUT2D eigenvalue weighted by molar-refractivity contribution is 5.82. The first-order valence-electron chi connectivity index (χ1n) is 9.63. The van der Waals surface area contributed by atoms with Gasteiger partial charge in [0, 0.05) is 31.3 Å². The number of hydrogen-bond acceptors (Lipinski definition) is 4. The van der Waals surface area contributed by atoms with Crippen LogP contribution in [0.25, 0.3) is 11.3 Å². The van der Waals surface area contributed by atoms with Gasteiger partial charge in [0.2, 0.25) is 5.91 Å². The number of aromatic nitrogens is 2. The van der Waals surface area contributed by atoms with Crippen molar-refractivity contribution in [2.45, 2.75) is 25.4 Å². The molecule has 1 N–H and O–H groups in total. The average molecular weight is 372 g/mol. The second-order valence-electron chi connectivity index (χ2n) is 7.17. The van der Waals surface area contributed by atoms with Crippen molar-refractivity contribution in [1.82, 2.24) is 20.2 Å². The topological polar surface area (TPSA) is 58.1 Å². The summed E-state index contributed by atoms with van der Waals surface area (Å²) in [5.41, 5.74) is 4.54. The lowest BCUT2D eigenvalue weighted by Gasteiger charge is -2.33. The van der Waals surface area contributed by atoms with Crippen LogP contribution in [0.1, 0.15) is 17.0 Å². The molecule has 1 atom stereocenters. The van der Waals surface area contributed by atoms with Crippen molar-refractivity contribution >= 4 is 5.91 Å². The predicted molar refractivity (Wildman–Crippen MR) is 110 cm³/mol. The number of fused-ring (bicyclic) bond motifs is 1. The molecule has 0 saturated carbocycles. The lowest BCUT2D eigenvalue weighted by Crippen LogP contribution is -2.48. The Morgan fingerprint density at radius 2 is 1.82 bits per heavy atom. The number of nitrogens with zero attached hydrogens (tertiary/aromatic N) is 3. The second-order valence-corrected chi connectivity index (χ2v) is 7.17. The first-order valence-corrected chi connectivity index (χ1v) is 9.63. The van der Waals surface area contributed by atoms with Gasteiger partial charge in [-0.25, -0.2) is 9.97 Å². The summed E-state index contributed by atoms with van der Waals surface area (Å²) in [5, 5.41) is 3.06. The van der Waals surface area contributed by atoms with Crippen LogP contribution in [-0.4, -0.2) is 40.4 Å². The summed E-state index contributed by atoms with van der Waals surface area (Å²) in [4.78, 5) is 23.8. The molecular weight excluding hydrogens is 348 g/mol. The van der Waals surface area contributed by atoms with E-state index in [9.17, 15) is 4.79 Å². The Morgan fingerprint density at radius 1 is 1.07 bits per heavy atom. The molecule has 2 heterocycles. The first-order chi connectivity index (χ1) is 13.7. The van der Waals surface area contributed by atoms with E-state index >= 15 is 0 Å². The highest BCUT2D eigenvalue weighted by atomic mass is 16.2. The van der Waals surface area contributed by atoms with E-state index in [1.165, 1.54) is 11.1 Å². The van der Waals surface area contributed by atoms with Crippen LogP contribution in [0.15, 0.2) is 66.9 Å². The van der Waals surface area contributed by atoms with Crippen molar-refractivity contribution < 1.29 is 4.79 Å². The fraction of sp³-hybridized carbons (Fsp3) is 0.261. The second kappa shape index (κ2) is 8.31. The van der Waals surface area contributed by atoms with E-state index < -0.39 is 0 Å². The van der Waals surface area contributed by atoms with Crippen molar-refractivity contribution in [3.63, 3.8) is 0 Å². The molecule has 0 spiro atoms. The van der Waals surface area contributed by atoms with E-state index in [4.69, 9.17) is 0 Å². The normalized spacial score (nSPS) is 16.4. The Balaban J connectivity index is 1.35. The van der Waals surface area contributed by atoms with E-state index in [2.05, 4.69) is 38.4 Å². The molecule has 1 amide bonds. The molecule has 0 unspecified atom stereocenters. The summed E-state index contributed by atoms with van der Waals surface area (Å²) >= 11 is 0. The van der Waals surface area contributed by atoms with Crippen LogP contribution in [0.5, 0.6) is 0 Å². The van der Waals surface area contributed by atoms with Crippen molar-refractivity contribution in [3.8, 4) is 11.3 Å². The fourth-order valence-corrected chi connectivity index (χ4v) is 3.65. The molecule has 0 fully saturated rings. The van der Waals surface area contributed by atoms with E-state index in [1.807, 2.05) is 49.5 Å². The minimum atomic E-state index is -0.133. The van der Waals surface area contributed by atoms with Gasteiger partial charge >= 0.3 is 0 Å². The first kappa shape index (κ1) is 18.3. The molecule has 0 bridgehead atoms. The molecular formula is C23H24N4O. The number of carbonyl (C=O) groups excluding carboxylic acids is 1. The standard InChI is InChI=1S/C23H24N4O/c1-27-16-19-10-6-5-9-18(19)15-21(27)23(28)25-14-12-22-24-13-11-20(26-22)17-7-3-2-4-8-17/h2-11,13,21H,12,14-16H2,1H3,(H,25,28)/t21-/m1/s1. The minimum Gasteiger partial charge on any atom is -0.354 e. The van der Waals surface area contributed by atoms with Crippen molar-refractivity contribution in [1.29, 1.82) is 0 Å². The molecule has 4 rings (SSSR count). The predicted octanol–water partition coefficient (Wildman–Crippen LogP) is 2.86. The van der Waals surface area contributed by atoms with Crippen molar-refractivity contribution in [2.75, 3.05) is 13.6 Å². The van der Waals surface area contributed by atoms with Crippen molar-refractivity contribution in [2.24, 2.45) is 0 Å². The smallest absolute Gasteiger partial charge is 0.237 e. The zero-order valence-electron chi connectivity index (χ0n) is 16.0. The molecule has 28 heavy (non-hydrogen) atoms. The molecule has 5 heteroatoms. The van der Waals surface area contributed by atoms with E-state index in [1.54, 1.807) is 6.20 Å². The van der Waals surface area contributed by atoms with Crippen LogP contribution in [0.3, 0.4) is 0 Å². The van der Waals surface area contributed by atoms with E-state index in [0.29, 0.717) is 13.0 Å². The van der Waals surface area contributed by atoms with E-state index in [-0.39, 0.29) is 11.9 Å². The van der Waals surface area contributed by atoms with Gasteiger partial charge in [-0.05, 0) is 30.7 Å². The molecule has 3 aromatic rings. The lowest BCUT2D eigenvalue weighted by molar-refractivity contribution is -0.126. The van der Waals surface area contributed by atoms with Crippen LogP contribution in [0.2, 0.25) is 0 Å². The van der Waals surface area contributed by atoms with Crippen LogP contribution < -0.4 is 5.32 Å². The van der Waals surface area contributed by atoms with Gasteiger partial charge in [-0.3, -0.25) is 9.69 Å². The van der Waals surface area contributed by atoms with E-state index in [0.717, 1.165) is 30.0 Å². The Hall–Kier alpha value is -3.05. The van der Waals surface area contributed by atoms with Crippen LogP contribution in [0.4, 0.5) is 0 Å². The molecule has 1 aliphatic heterocycles. The Bertz CT molecular complexity index is 958. The average Bonchev–Trinajstić information content (AvgIpc) is 2.74. The third-order valence-electron chi connectivity index (χ3n) is 5.21. The molecule has 5 nitrogen and oxygen atoms in total. The Labute approximate surface area is 165 Å². The van der Waals surface area contributed by atoms with Crippen LogP contribution in [0, 0.1) is 0 Å². The third kappa shape index (κ3) is 4.10. The number of rotatable bonds is 5. The number of carbonyl (C=O) groups is 1. The molecule has 0 aliphatic carbocycles. The summed E-state index contributed by atoms with van der Waals surface area (Å²) in [6.45, 7) is 1.33. The Morgan fingerprint density at radius 3 is 2.64 bits per heavy atom. The maximum atomic E-state index is 12.7. The van der Waals surface area contributed by atoms with Crippen molar-refractivity contribution in [3.05, 3.63) is 83.8 Å². The molecule has 142 valence electrons. The number of likely N-dealkylation sites (N-methyl/N-ethyl adjacent to an activating group) is 1. The van der Waals surface area contributed by atoms with Gasteiger partial charge in [-0.1, -0.05) is 54.6 Å². The third-order valence-corrected chi connectivity index (χ3v) is 5.21. The van der Waals surface area contributed by atoms with Crippen LogP contribution >= 0.6 is 0 Å². The monoisotopic (exact) mass is 372 g/mol. The van der Waals surface area contributed by atoms with Gasteiger partial charge in [0.05, 0.1) is 11.7 Å².